The van der Waals surface area contributed by atoms with E-state index in [-0.39, 0.29) is 11.6 Å². The molecule has 6 nitrogen and oxygen atoms in total. The molecule has 2 rings (SSSR count). The molecule has 0 atom stereocenters. The monoisotopic (exact) mass is 247 g/mol. The Morgan fingerprint density at radius 3 is 2.80 bits per heavy atom. The van der Waals surface area contributed by atoms with Gasteiger partial charge in [0, 0.05) is 0 Å². The van der Waals surface area contributed by atoms with Crippen molar-refractivity contribution in [1.82, 2.24) is 4.83 Å². The molecule has 0 bridgehead atoms. The maximum atomic E-state index is 11.3. The lowest BCUT2D eigenvalue weighted by Gasteiger charge is -2.16. The van der Waals surface area contributed by atoms with Crippen LogP contribution < -0.4 is 15.0 Å². The predicted octanol–water partition coefficient (Wildman–Crippen LogP) is 0.196. The number of hydrazine groups is 1. The third-order valence-electron chi connectivity index (χ3n) is 1.85. The number of nitrogens with zero attached hydrogens (tertiary/aromatic N) is 1. The Morgan fingerprint density at radius 2 is 2.20 bits per heavy atom. The van der Waals surface area contributed by atoms with Crippen LogP contribution in [-0.2, 0) is 14.2 Å². The van der Waals surface area contributed by atoms with Gasteiger partial charge in [0.25, 0.3) is 0 Å². The second kappa shape index (κ2) is 3.99. The van der Waals surface area contributed by atoms with E-state index < -0.39 is 10.0 Å². The molecule has 0 unspecified atom stereocenters. The highest BCUT2D eigenvalue weighted by Gasteiger charge is 2.21. The number of nitrogens with one attached hydrogen (secondary N) is 1. The standard InChI is InChI=1S/C7H9N3O3S2/c8-15(11,12)7-4-2-1-3-6(7)10-5-13-14-9-10/h1-4,9H,5H2,(H2,8,11,12). The third kappa shape index (κ3) is 2.24. The summed E-state index contributed by atoms with van der Waals surface area (Å²) in [6.45, 7) is 0.261. The summed E-state index contributed by atoms with van der Waals surface area (Å²) in [5, 5.41) is 6.66. The van der Waals surface area contributed by atoms with Crippen LogP contribution in [0.15, 0.2) is 29.2 Å². The zero-order valence-electron chi connectivity index (χ0n) is 7.58. The van der Waals surface area contributed by atoms with Gasteiger partial charge in [-0.3, -0.25) is 9.19 Å². The van der Waals surface area contributed by atoms with Crippen molar-refractivity contribution >= 4 is 27.9 Å². The lowest BCUT2D eigenvalue weighted by molar-refractivity contribution is 0.400. The van der Waals surface area contributed by atoms with Crippen LogP contribution in [-0.4, -0.2) is 15.1 Å². The molecule has 0 aliphatic carbocycles. The molecule has 1 fully saturated rings. The highest BCUT2D eigenvalue weighted by atomic mass is 32.2. The first-order valence-electron chi connectivity index (χ1n) is 4.02. The van der Waals surface area contributed by atoms with Gasteiger partial charge in [-0.05, 0) is 12.1 Å². The van der Waals surface area contributed by atoms with Crippen molar-refractivity contribution in [3.63, 3.8) is 0 Å². The molecule has 1 aromatic carbocycles. The average Bonchev–Trinajstić information content (AvgIpc) is 2.69. The van der Waals surface area contributed by atoms with E-state index in [9.17, 15) is 8.42 Å². The van der Waals surface area contributed by atoms with E-state index in [4.69, 9.17) is 9.32 Å². The topological polar surface area (TPSA) is 84.7 Å². The van der Waals surface area contributed by atoms with Crippen LogP contribution in [0.25, 0.3) is 0 Å². The summed E-state index contributed by atoms with van der Waals surface area (Å²) < 4.78 is 27.5. The molecule has 0 spiro atoms. The molecule has 3 N–H and O–H groups in total. The Morgan fingerprint density at radius 1 is 1.47 bits per heavy atom. The second-order valence-corrected chi connectivity index (χ2v) is 4.98. The fraction of sp³-hybridized carbons (Fsp3) is 0.143. The van der Waals surface area contributed by atoms with E-state index in [1.54, 1.807) is 23.2 Å². The highest BCUT2D eigenvalue weighted by Crippen LogP contribution is 2.26. The quantitative estimate of drug-likeness (QED) is 0.573. The van der Waals surface area contributed by atoms with Crippen LogP contribution in [0.3, 0.4) is 0 Å². The smallest absolute Gasteiger partial charge is 0.240 e. The molecule has 0 amide bonds. The van der Waals surface area contributed by atoms with Crippen molar-refractivity contribution in [1.29, 1.82) is 0 Å². The van der Waals surface area contributed by atoms with Crippen molar-refractivity contribution < 1.29 is 12.6 Å². The Kier molecular flexibility index (Phi) is 2.85. The van der Waals surface area contributed by atoms with Gasteiger partial charge in [0.05, 0.1) is 5.69 Å². The average molecular weight is 247 g/mol. The number of benzene rings is 1. The minimum atomic E-state index is -3.72. The first-order valence-corrected chi connectivity index (χ1v) is 6.31. The van der Waals surface area contributed by atoms with Crippen LogP contribution in [0, 0.1) is 0 Å². The van der Waals surface area contributed by atoms with E-state index in [0.29, 0.717) is 5.69 Å². The number of hydrogen-bond donors (Lipinski definition) is 2. The number of anilines is 1. The van der Waals surface area contributed by atoms with Crippen molar-refractivity contribution in [2.75, 3.05) is 11.7 Å². The van der Waals surface area contributed by atoms with Gasteiger partial charge < -0.3 is 0 Å². The van der Waals surface area contributed by atoms with Crippen LogP contribution in [0.4, 0.5) is 5.69 Å². The molecule has 15 heavy (non-hydrogen) atoms. The summed E-state index contributed by atoms with van der Waals surface area (Å²) in [6, 6.07) is 6.46. The molecule has 1 aromatic rings. The van der Waals surface area contributed by atoms with Crippen LogP contribution in [0.1, 0.15) is 0 Å². The van der Waals surface area contributed by atoms with E-state index >= 15 is 0 Å². The van der Waals surface area contributed by atoms with E-state index in [0.717, 1.165) is 12.2 Å². The van der Waals surface area contributed by atoms with Crippen molar-refractivity contribution in [3.8, 4) is 0 Å². The van der Waals surface area contributed by atoms with Gasteiger partial charge in [-0.1, -0.05) is 12.1 Å². The van der Waals surface area contributed by atoms with E-state index in [2.05, 4.69) is 4.83 Å². The molecule has 1 heterocycles. The van der Waals surface area contributed by atoms with E-state index in [1.807, 2.05) is 0 Å². The Bertz CT molecular complexity index is 456. The van der Waals surface area contributed by atoms with Gasteiger partial charge in [-0.2, -0.15) is 4.83 Å². The molecule has 1 aliphatic heterocycles. The lowest BCUT2D eigenvalue weighted by Crippen LogP contribution is -2.29. The number of nitrogens with two attached hydrogens (primary N) is 1. The molecular weight excluding hydrogens is 238 g/mol. The first-order chi connectivity index (χ1) is 7.09. The fourth-order valence-corrected chi connectivity index (χ4v) is 2.41. The van der Waals surface area contributed by atoms with Crippen molar-refractivity contribution in [3.05, 3.63) is 24.3 Å². The van der Waals surface area contributed by atoms with Gasteiger partial charge in [0.15, 0.2) is 0 Å². The van der Waals surface area contributed by atoms with Crippen LogP contribution in [0.5, 0.6) is 0 Å². The minimum absolute atomic E-state index is 0.0728. The molecule has 0 aromatic heterocycles. The molecule has 1 aliphatic rings. The highest BCUT2D eigenvalue weighted by molar-refractivity contribution is 7.93. The zero-order chi connectivity index (χ0) is 10.9. The van der Waals surface area contributed by atoms with Crippen molar-refractivity contribution in [2.24, 2.45) is 5.14 Å². The van der Waals surface area contributed by atoms with Gasteiger partial charge in [-0.25, -0.2) is 13.6 Å². The van der Waals surface area contributed by atoms with E-state index in [1.165, 1.54) is 6.07 Å². The van der Waals surface area contributed by atoms with Crippen molar-refractivity contribution in [2.45, 2.75) is 4.90 Å². The molecule has 82 valence electrons. The summed E-state index contributed by atoms with van der Waals surface area (Å²) in [6.07, 6.45) is 0. The Balaban J connectivity index is 2.46. The van der Waals surface area contributed by atoms with Gasteiger partial charge in [0.1, 0.15) is 23.9 Å². The largest absolute Gasteiger partial charge is 0.277 e. The SMILES string of the molecule is NS(=O)(=O)c1ccccc1N1COSN1. The molecular formula is C7H9N3O3S2. The summed E-state index contributed by atoms with van der Waals surface area (Å²) in [5.41, 5.74) is 0.477. The van der Waals surface area contributed by atoms with Crippen LogP contribution in [0.2, 0.25) is 0 Å². The molecule has 0 saturated carbocycles. The normalized spacial score (nSPS) is 17.0. The molecule has 0 radical (unpaired) electrons. The van der Waals surface area contributed by atoms with Gasteiger partial charge >= 0.3 is 0 Å². The molecule has 1 saturated heterocycles. The summed E-state index contributed by atoms with van der Waals surface area (Å²) in [5.74, 6) is 0. The maximum absolute atomic E-state index is 11.3. The first kappa shape index (κ1) is 10.7. The predicted molar refractivity (Wildman–Crippen MR) is 57.0 cm³/mol. The number of primary sulfonamides is 1. The summed E-state index contributed by atoms with van der Waals surface area (Å²) in [7, 11) is -3.72. The summed E-state index contributed by atoms with van der Waals surface area (Å²) in [4.78, 5) is 2.87. The maximum Gasteiger partial charge on any atom is 0.240 e. The number of sulfonamides is 1. The summed E-state index contributed by atoms with van der Waals surface area (Å²) >= 11 is 1.04. The fourth-order valence-electron chi connectivity index (χ4n) is 1.22. The lowest BCUT2D eigenvalue weighted by atomic mass is 10.3. The van der Waals surface area contributed by atoms with Gasteiger partial charge in [0.2, 0.25) is 10.0 Å². The van der Waals surface area contributed by atoms with Crippen LogP contribution >= 0.6 is 12.2 Å². The number of para-hydroxylation sites is 1. The number of hydrogen-bond acceptors (Lipinski definition) is 6. The zero-order valence-corrected chi connectivity index (χ0v) is 9.22. The molecule has 8 heteroatoms. The Labute approximate surface area is 91.8 Å². The van der Waals surface area contributed by atoms with Gasteiger partial charge in [-0.15, -0.1) is 0 Å². The Hall–Kier alpha value is -0.800. The number of rotatable bonds is 2. The second-order valence-electron chi connectivity index (χ2n) is 2.86. The minimum Gasteiger partial charge on any atom is -0.277 e. The third-order valence-corrected chi connectivity index (χ3v) is 3.33.